The molecular weight excluding hydrogens is 274 g/mol. The number of aliphatic carboxylic acids is 1. The first kappa shape index (κ1) is 15.2. The Kier molecular flexibility index (Phi) is 5.10. The van der Waals surface area contributed by atoms with Crippen LogP contribution in [0.1, 0.15) is 18.5 Å². The minimum absolute atomic E-state index is 0.136. The predicted octanol–water partition coefficient (Wildman–Crippen LogP) is 0.945. The van der Waals surface area contributed by atoms with E-state index in [9.17, 15) is 9.59 Å². The van der Waals surface area contributed by atoms with Crippen molar-refractivity contribution >= 4 is 17.7 Å². The van der Waals surface area contributed by atoms with Crippen LogP contribution in [0, 0.1) is 5.92 Å². The number of carbonyl (C=O) groups excluding carboxylic acids is 1. The van der Waals surface area contributed by atoms with E-state index in [1.165, 1.54) is 6.20 Å². The van der Waals surface area contributed by atoms with Crippen molar-refractivity contribution in [3.63, 3.8) is 0 Å². The Morgan fingerprint density at radius 2 is 2.24 bits per heavy atom. The van der Waals surface area contributed by atoms with E-state index in [1.54, 1.807) is 17.0 Å². The van der Waals surface area contributed by atoms with Gasteiger partial charge in [-0.2, -0.15) is 0 Å². The molecular formula is C14H19N3O4. The molecule has 0 bridgehead atoms. The Bertz CT molecular complexity index is 503. The third kappa shape index (κ3) is 4.42. The van der Waals surface area contributed by atoms with Gasteiger partial charge in [-0.15, -0.1) is 0 Å². The summed E-state index contributed by atoms with van der Waals surface area (Å²) in [5.41, 5.74) is 0.990. The molecule has 0 spiro atoms. The molecule has 1 saturated heterocycles. The number of aliphatic hydroxyl groups excluding tert-OH is 1. The van der Waals surface area contributed by atoms with Crippen molar-refractivity contribution in [1.29, 1.82) is 0 Å². The highest BCUT2D eigenvalue weighted by molar-refractivity contribution is 5.89. The quantitative estimate of drug-likeness (QED) is 0.750. The highest BCUT2D eigenvalue weighted by atomic mass is 16.4. The molecule has 0 aromatic carbocycles. The number of hydrogen-bond donors (Lipinski definition) is 3. The molecule has 2 amide bonds. The van der Waals surface area contributed by atoms with Gasteiger partial charge in [-0.3, -0.25) is 9.78 Å². The first-order valence-electron chi connectivity index (χ1n) is 6.92. The zero-order valence-electron chi connectivity index (χ0n) is 11.7. The Hall–Kier alpha value is -2.15. The summed E-state index contributed by atoms with van der Waals surface area (Å²) in [5.74, 6) is -0.580. The number of carbonyl (C=O) groups is 2. The molecule has 1 unspecified atom stereocenters. The number of anilines is 1. The summed E-state index contributed by atoms with van der Waals surface area (Å²) in [6.45, 7) is 1.48. The molecule has 1 aliphatic heterocycles. The molecule has 1 atom stereocenters. The Morgan fingerprint density at radius 3 is 2.86 bits per heavy atom. The molecule has 3 N–H and O–H groups in total. The molecule has 2 rings (SSSR count). The number of pyridine rings is 1. The summed E-state index contributed by atoms with van der Waals surface area (Å²) in [5, 5.41) is 20.3. The van der Waals surface area contributed by atoms with Crippen molar-refractivity contribution in [2.45, 2.75) is 19.3 Å². The monoisotopic (exact) mass is 293 g/mol. The average molecular weight is 293 g/mol. The van der Waals surface area contributed by atoms with Crippen LogP contribution in [0.15, 0.2) is 18.3 Å². The van der Waals surface area contributed by atoms with Crippen molar-refractivity contribution in [3.05, 3.63) is 24.0 Å². The number of hydrogen-bond acceptors (Lipinski definition) is 4. The van der Waals surface area contributed by atoms with E-state index >= 15 is 0 Å². The van der Waals surface area contributed by atoms with Crippen molar-refractivity contribution in [2.75, 3.05) is 25.0 Å². The van der Waals surface area contributed by atoms with Crippen LogP contribution >= 0.6 is 0 Å². The van der Waals surface area contributed by atoms with Crippen molar-refractivity contribution in [3.8, 4) is 0 Å². The maximum Gasteiger partial charge on any atom is 0.321 e. The summed E-state index contributed by atoms with van der Waals surface area (Å²) in [4.78, 5) is 28.3. The van der Waals surface area contributed by atoms with Crippen molar-refractivity contribution in [1.82, 2.24) is 9.88 Å². The largest absolute Gasteiger partial charge is 0.481 e. The molecule has 0 radical (unpaired) electrons. The van der Waals surface area contributed by atoms with E-state index in [0.717, 1.165) is 12.8 Å². The number of aliphatic hydroxyl groups is 1. The van der Waals surface area contributed by atoms with E-state index in [2.05, 4.69) is 10.3 Å². The topological polar surface area (TPSA) is 103 Å². The van der Waals surface area contributed by atoms with Crippen molar-refractivity contribution in [2.24, 2.45) is 5.92 Å². The second-order valence-corrected chi connectivity index (χ2v) is 5.15. The van der Waals surface area contributed by atoms with E-state index in [1.807, 2.05) is 0 Å². The zero-order chi connectivity index (χ0) is 15.2. The lowest BCUT2D eigenvalue weighted by molar-refractivity contribution is -0.136. The molecule has 0 saturated carbocycles. The van der Waals surface area contributed by atoms with Gasteiger partial charge in [-0.1, -0.05) is 0 Å². The number of aromatic nitrogens is 1. The van der Waals surface area contributed by atoms with Crippen LogP contribution in [0.3, 0.4) is 0 Å². The van der Waals surface area contributed by atoms with Gasteiger partial charge in [0.1, 0.15) is 0 Å². The van der Waals surface area contributed by atoms with E-state index < -0.39 is 5.97 Å². The van der Waals surface area contributed by atoms with Gasteiger partial charge in [-0.05, 0) is 30.9 Å². The lowest BCUT2D eigenvalue weighted by Crippen LogP contribution is -2.33. The maximum absolute atomic E-state index is 12.1. The van der Waals surface area contributed by atoms with Crippen LogP contribution in [0.5, 0.6) is 0 Å². The second-order valence-electron chi connectivity index (χ2n) is 5.15. The lowest BCUT2D eigenvalue weighted by Gasteiger charge is -2.17. The smallest absolute Gasteiger partial charge is 0.321 e. The first-order valence-corrected chi connectivity index (χ1v) is 6.92. The van der Waals surface area contributed by atoms with Gasteiger partial charge in [0, 0.05) is 19.7 Å². The molecule has 21 heavy (non-hydrogen) atoms. The van der Waals surface area contributed by atoms with E-state index in [-0.39, 0.29) is 19.1 Å². The van der Waals surface area contributed by atoms with Gasteiger partial charge >= 0.3 is 12.0 Å². The highest BCUT2D eigenvalue weighted by Gasteiger charge is 2.25. The van der Waals surface area contributed by atoms with Crippen LogP contribution in [0.2, 0.25) is 0 Å². The highest BCUT2D eigenvalue weighted by Crippen LogP contribution is 2.20. The average Bonchev–Trinajstić information content (AvgIpc) is 2.89. The summed E-state index contributed by atoms with van der Waals surface area (Å²) < 4.78 is 0. The zero-order valence-corrected chi connectivity index (χ0v) is 11.7. The first-order chi connectivity index (χ1) is 10.1. The van der Waals surface area contributed by atoms with Gasteiger partial charge in [0.05, 0.1) is 24.0 Å². The molecule has 1 aromatic rings. The third-order valence-electron chi connectivity index (χ3n) is 3.52. The van der Waals surface area contributed by atoms with Crippen LogP contribution in [-0.4, -0.2) is 51.8 Å². The number of nitrogens with zero attached hydrogens (tertiary/aromatic N) is 2. The molecule has 0 aliphatic carbocycles. The fourth-order valence-electron chi connectivity index (χ4n) is 2.40. The Morgan fingerprint density at radius 1 is 1.43 bits per heavy atom. The summed E-state index contributed by atoms with van der Waals surface area (Å²) in [6, 6.07) is 3.04. The predicted molar refractivity (Wildman–Crippen MR) is 76.0 cm³/mol. The van der Waals surface area contributed by atoms with E-state index in [4.69, 9.17) is 10.2 Å². The number of carboxylic acids is 1. The van der Waals surface area contributed by atoms with Crippen LogP contribution in [-0.2, 0) is 11.2 Å². The molecule has 2 heterocycles. The number of carboxylic acid groups (broad SMARTS) is 1. The van der Waals surface area contributed by atoms with Crippen LogP contribution in [0.25, 0.3) is 0 Å². The third-order valence-corrected chi connectivity index (χ3v) is 3.52. The normalized spacial score (nSPS) is 17.8. The molecule has 7 heteroatoms. The van der Waals surface area contributed by atoms with Crippen molar-refractivity contribution < 1.29 is 19.8 Å². The molecule has 1 aromatic heterocycles. The summed E-state index contributed by atoms with van der Waals surface area (Å²) in [6.07, 6.45) is 2.94. The molecule has 7 nitrogen and oxygen atoms in total. The summed E-state index contributed by atoms with van der Waals surface area (Å²) >= 11 is 0. The minimum Gasteiger partial charge on any atom is -0.481 e. The Labute approximate surface area is 122 Å². The molecule has 1 fully saturated rings. The van der Waals surface area contributed by atoms with Gasteiger partial charge in [0.25, 0.3) is 0 Å². The SMILES string of the molecule is O=C(O)Cc1ccc(NC(=O)N2CCC(CCO)C2)cn1. The lowest BCUT2D eigenvalue weighted by atomic mass is 10.1. The van der Waals surface area contributed by atoms with Gasteiger partial charge in [-0.25, -0.2) is 4.79 Å². The van der Waals surface area contributed by atoms with Gasteiger partial charge < -0.3 is 20.4 Å². The van der Waals surface area contributed by atoms with E-state index in [0.29, 0.717) is 30.4 Å². The molecule has 1 aliphatic rings. The van der Waals surface area contributed by atoms with Crippen LogP contribution < -0.4 is 5.32 Å². The fourth-order valence-corrected chi connectivity index (χ4v) is 2.40. The number of likely N-dealkylation sites (tertiary alicyclic amines) is 1. The molecule has 114 valence electrons. The number of rotatable bonds is 5. The van der Waals surface area contributed by atoms with Gasteiger partial charge in [0.15, 0.2) is 0 Å². The number of nitrogens with one attached hydrogen (secondary N) is 1. The number of amides is 2. The van der Waals surface area contributed by atoms with Gasteiger partial charge in [0.2, 0.25) is 0 Å². The number of urea groups is 1. The van der Waals surface area contributed by atoms with Crippen LogP contribution in [0.4, 0.5) is 10.5 Å². The minimum atomic E-state index is -0.939. The standard InChI is InChI=1S/C14H19N3O4/c18-6-4-10-3-5-17(9-10)14(21)16-12-2-1-11(15-8-12)7-13(19)20/h1-2,8,10,18H,3-7,9H2,(H,16,21)(H,19,20). The Balaban J connectivity index is 1.86. The summed E-state index contributed by atoms with van der Waals surface area (Å²) in [7, 11) is 0. The second kappa shape index (κ2) is 7.03. The fraction of sp³-hybridized carbons (Fsp3) is 0.500. The maximum atomic E-state index is 12.1.